The second kappa shape index (κ2) is 9.97. The van der Waals surface area contributed by atoms with E-state index in [0.29, 0.717) is 5.69 Å². The number of nitrogens with one attached hydrogen (secondary N) is 1. The van der Waals surface area contributed by atoms with Crippen LogP contribution < -0.4 is 5.32 Å². The van der Waals surface area contributed by atoms with Crippen LogP contribution in [0.25, 0.3) is 0 Å². The Balaban J connectivity index is 0.00000180. The zero-order chi connectivity index (χ0) is 12.8. The molecule has 0 bridgehead atoms. The summed E-state index contributed by atoms with van der Waals surface area (Å²) in [5.74, 6) is 0.827. The number of piperidine rings is 1. The molecule has 114 valence electrons. The van der Waals surface area contributed by atoms with Gasteiger partial charge in [-0.1, -0.05) is 6.07 Å². The van der Waals surface area contributed by atoms with E-state index < -0.39 is 0 Å². The third-order valence-electron chi connectivity index (χ3n) is 3.59. The Hall–Kier alpha value is -0.840. The van der Waals surface area contributed by atoms with Crippen molar-refractivity contribution in [1.29, 1.82) is 0 Å². The molecule has 20 heavy (non-hydrogen) atoms. The van der Waals surface area contributed by atoms with Crippen molar-refractivity contribution in [2.75, 3.05) is 26.7 Å². The van der Waals surface area contributed by atoms with Crippen molar-refractivity contribution in [2.45, 2.75) is 19.3 Å². The SMILES string of the molecule is CNCCC1CCN(C(=O)c2ccccn2)CC1.Cl.Cl. The number of nitrogens with zero attached hydrogens (tertiary/aromatic N) is 2. The Morgan fingerprint density at radius 3 is 2.60 bits per heavy atom. The van der Waals surface area contributed by atoms with Crippen LogP contribution in [0.5, 0.6) is 0 Å². The number of halogens is 2. The van der Waals surface area contributed by atoms with Gasteiger partial charge in [0.25, 0.3) is 5.91 Å². The molecule has 1 amide bonds. The highest BCUT2D eigenvalue weighted by Gasteiger charge is 2.23. The number of pyridine rings is 1. The molecule has 1 aliphatic heterocycles. The first kappa shape index (κ1) is 19.2. The Morgan fingerprint density at radius 1 is 1.35 bits per heavy atom. The maximum Gasteiger partial charge on any atom is 0.272 e. The van der Waals surface area contributed by atoms with Gasteiger partial charge in [0.15, 0.2) is 0 Å². The summed E-state index contributed by atoms with van der Waals surface area (Å²) >= 11 is 0. The summed E-state index contributed by atoms with van der Waals surface area (Å²) in [6.07, 6.45) is 5.11. The van der Waals surface area contributed by atoms with E-state index in [4.69, 9.17) is 0 Å². The molecule has 0 radical (unpaired) electrons. The zero-order valence-corrected chi connectivity index (χ0v) is 13.4. The Morgan fingerprint density at radius 2 is 2.05 bits per heavy atom. The van der Waals surface area contributed by atoms with E-state index in [1.807, 2.05) is 24.1 Å². The molecule has 2 rings (SSSR count). The largest absolute Gasteiger partial charge is 0.337 e. The van der Waals surface area contributed by atoms with E-state index in [9.17, 15) is 4.79 Å². The maximum absolute atomic E-state index is 12.2. The maximum atomic E-state index is 12.2. The Labute approximate surface area is 133 Å². The summed E-state index contributed by atoms with van der Waals surface area (Å²) in [7, 11) is 1.99. The summed E-state index contributed by atoms with van der Waals surface area (Å²) in [5, 5.41) is 3.18. The molecule has 0 aromatic carbocycles. The molecule has 4 nitrogen and oxygen atoms in total. The number of hydrogen-bond acceptors (Lipinski definition) is 3. The van der Waals surface area contributed by atoms with Gasteiger partial charge in [-0.25, -0.2) is 0 Å². The zero-order valence-electron chi connectivity index (χ0n) is 11.7. The van der Waals surface area contributed by atoms with Gasteiger partial charge >= 0.3 is 0 Å². The molecule has 0 saturated carbocycles. The van der Waals surface area contributed by atoms with Gasteiger partial charge in [-0.05, 0) is 50.9 Å². The van der Waals surface area contributed by atoms with Crippen molar-refractivity contribution in [1.82, 2.24) is 15.2 Å². The number of amides is 1. The second-order valence-electron chi connectivity index (χ2n) is 4.84. The van der Waals surface area contributed by atoms with Crippen molar-refractivity contribution in [3.63, 3.8) is 0 Å². The molecule has 1 saturated heterocycles. The highest BCUT2D eigenvalue weighted by atomic mass is 35.5. The lowest BCUT2D eigenvalue weighted by Crippen LogP contribution is -2.39. The average molecular weight is 320 g/mol. The highest BCUT2D eigenvalue weighted by Crippen LogP contribution is 2.20. The fraction of sp³-hybridized carbons (Fsp3) is 0.571. The van der Waals surface area contributed by atoms with Gasteiger partial charge in [0.2, 0.25) is 0 Å². The van der Waals surface area contributed by atoms with Crippen molar-refractivity contribution in [2.24, 2.45) is 5.92 Å². The number of aromatic nitrogens is 1. The van der Waals surface area contributed by atoms with E-state index in [0.717, 1.165) is 38.4 Å². The van der Waals surface area contributed by atoms with Crippen molar-refractivity contribution >= 4 is 30.7 Å². The quantitative estimate of drug-likeness (QED) is 0.926. The van der Waals surface area contributed by atoms with E-state index in [1.165, 1.54) is 6.42 Å². The van der Waals surface area contributed by atoms with Crippen molar-refractivity contribution < 1.29 is 4.79 Å². The lowest BCUT2D eigenvalue weighted by molar-refractivity contribution is 0.0681. The monoisotopic (exact) mass is 319 g/mol. The van der Waals surface area contributed by atoms with Crippen LogP contribution in [0.15, 0.2) is 24.4 Å². The van der Waals surface area contributed by atoms with Crippen LogP contribution in [0.2, 0.25) is 0 Å². The van der Waals surface area contributed by atoms with Crippen LogP contribution in [-0.2, 0) is 0 Å². The van der Waals surface area contributed by atoms with E-state index >= 15 is 0 Å². The summed E-state index contributed by atoms with van der Waals surface area (Å²) in [5.41, 5.74) is 0.561. The van der Waals surface area contributed by atoms with Gasteiger partial charge in [-0.3, -0.25) is 9.78 Å². The predicted octanol–water partition coefficient (Wildman–Crippen LogP) is 2.39. The van der Waals surface area contributed by atoms with Gasteiger partial charge in [-0.2, -0.15) is 0 Å². The first-order valence-corrected chi connectivity index (χ1v) is 6.66. The van der Waals surface area contributed by atoms with Crippen LogP contribution in [0, 0.1) is 5.92 Å². The van der Waals surface area contributed by atoms with Gasteiger partial charge < -0.3 is 10.2 Å². The lowest BCUT2D eigenvalue weighted by atomic mass is 9.93. The topological polar surface area (TPSA) is 45.2 Å². The first-order valence-electron chi connectivity index (χ1n) is 6.66. The molecule has 1 aromatic heterocycles. The number of carbonyl (C=O) groups is 1. The average Bonchev–Trinajstić information content (AvgIpc) is 2.46. The predicted molar refractivity (Wildman–Crippen MR) is 85.9 cm³/mol. The minimum atomic E-state index is 0. The molecule has 1 fully saturated rings. The summed E-state index contributed by atoms with van der Waals surface area (Å²) in [6, 6.07) is 5.48. The number of hydrogen-bond donors (Lipinski definition) is 1. The third-order valence-corrected chi connectivity index (χ3v) is 3.59. The van der Waals surface area contributed by atoms with Crippen molar-refractivity contribution in [3.8, 4) is 0 Å². The third kappa shape index (κ3) is 5.27. The fourth-order valence-electron chi connectivity index (χ4n) is 2.42. The molecule has 1 aliphatic rings. The molecule has 1 N–H and O–H groups in total. The summed E-state index contributed by atoms with van der Waals surface area (Å²) < 4.78 is 0. The van der Waals surface area contributed by atoms with Gasteiger partial charge in [-0.15, -0.1) is 24.8 Å². The smallest absolute Gasteiger partial charge is 0.272 e. The van der Waals surface area contributed by atoms with E-state index in [2.05, 4.69) is 10.3 Å². The van der Waals surface area contributed by atoms with Gasteiger partial charge in [0.05, 0.1) is 0 Å². The molecule has 0 spiro atoms. The number of carbonyl (C=O) groups excluding carboxylic acids is 1. The Bertz CT molecular complexity index is 381. The fourth-order valence-corrected chi connectivity index (χ4v) is 2.42. The minimum absolute atomic E-state index is 0. The van der Waals surface area contributed by atoms with Gasteiger partial charge in [0.1, 0.15) is 5.69 Å². The van der Waals surface area contributed by atoms with Crippen molar-refractivity contribution in [3.05, 3.63) is 30.1 Å². The van der Waals surface area contributed by atoms with E-state index in [-0.39, 0.29) is 30.7 Å². The lowest BCUT2D eigenvalue weighted by Gasteiger charge is -2.31. The molecule has 6 heteroatoms. The standard InChI is InChI=1S/C14H21N3O.2ClH/c1-15-9-5-12-6-10-17(11-7-12)14(18)13-4-2-3-8-16-13;;/h2-4,8,12,15H,5-7,9-11H2,1H3;2*1H. The molecular formula is C14H23Cl2N3O. The van der Waals surface area contributed by atoms with Crippen LogP contribution in [0.3, 0.4) is 0 Å². The molecule has 1 aromatic rings. The van der Waals surface area contributed by atoms with Crippen LogP contribution in [-0.4, -0.2) is 42.5 Å². The molecule has 0 aliphatic carbocycles. The summed E-state index contributed by atoms with van der Waals surface area (Å²) in [4.78, 5) is 18.2. The normalized spacial score (nSPS) is 15.2. The molecule has 0 unspecified atom stereocenters. The van der Waals surface area contributed by atoms with Gasteiger partial charge in [0, 0.05) is 19.3 Å². The molecular weight excluding hydrogens is 297 g/mol. The molecule has 0 atom stereocenters. The van der Waals surface area contributed by atoms with Crippen LogP contribution in [0.4, 0.5) is 0 Å². The second-order valence-corrected chi connectivity index (χ2v) is 4.84. The minimum Gasteiger partial charge on any atom is -0.337 e. The first-order chi connectivity index (χ1) is 8.81. The molecule has 2 heterocycles. The number of rotatable bonds is 4. The number of likely N-dealkylation sites (tertiary alicyclic amines) is 1. The van der Waals surface area contributed by atoms with E-state index in [1.54, 1.807) is 12.3 Å². The Kier molecular flexibility index (Phi) is 9.55. The van der Waals surface area contributed by atoms with Crippen LogP contribution in [0.1, 0.15) is 29.8 Å². The van der Waals surface area contributed by atoms with Crippen LogP contribution >= 0.6 is 24.8 Å². The highest BCUT2D eigenvalue weighted by molar-refractivity contribution is 5.92. The summed E-state index contributed by atoms with van der Waals surface area (Å²) in [6.45, 7) is 2.80.